The zero-order valence-electron chi connectivity index (χ0n) is 9.82. The monoisotopic (exact) mass is 310 g/mol. The first kappa shape index (κ1) is 11.6. The van der Waals surface area contributed by atoms with Gasteiger partial charge >= 0.3 is 0 Å². The summed E-state index contributed by atoms with van der Waals surface area (Å²) >= 11 is 5.64. The molecule has 2 aromatic rings. The Morgan fingerprint density at radius 1 is 1.41 bits per heavy atom. The summed E-state index contributed by atoms with van der Waals surface area (Å²) in [6.07, 6.45) is 4.66. The molecule has 0 N–H and O–H groups in total. The second-order valence-electron chi connectivity index (χ2n) is 4.61. The number of thioether (sulfide) groups is 1. The van der Waals surface area contributed by atoms with Gasteiger partial charge in [0, 0.05) is 12.1 Å². The molecule has 0 aromatic carbocycles. The fraction of sp³-hybridized carbons (Fsp3) is 0.462. The quantitative estimate of drug-likeness (QED) is 0.791. The molecular weight excluding hydrogens is 296 g/mol. The maximum Gasteiger partial charge on any atom is 0.132 e. The standard InChI is InChI=1S/C13H15BrN2S/c1-9-2-5-16-11(8-9)12(14)15-13(16)10-3-6-17-7-4-10/h2,5,8,10H,3-4,6-7H2,1H3. The van der Waals surface area contributed by atoms with Crippen LogP contribution in [0.2, 0.25) is 0 Å². The van der Waals surface area contributed by atoms with Crippen molar-refractivity contribution in [3.8, 4) is 0 Å². The highest BCUT2D eigenvalue weighted by atomic mass is 79.9. The van der Waals surface area contributed by atoms with Gasteiger partial charge in [0.1, 0.15) is 10.4 Å². The van der Waals surface area contributed by atoms with E-state index >= 15 is 0 Å². The van der Waals surface area contributed by atoms with Crippen LogP contribution < -0.4 is 0 Å². The molecule has 0 aliphatic carbocycles. The molecule has 0 bridgehead atoms. The lowest BCUT2D eigenvalue weighted by molar-refractivity contribution is 0.595. The molecule has 3 rings (SSSR count). The van der Waals surface area contributed by atoms with Crippen LogP contribution >= 0.6 is 27.7 Å². The molecule has 1 saturated heterocycles. The molecule has 2 aromatic heterocycles. The third-order valence-electron chi connectivity index (χ3n) is 3.37. The van der Waals surface area contributed by atoms with E-state index in [1.165, 1.54) is 41.3 Å². The highest BCUT2D eigenvalue weighted by Crippen LogP contribution is 2.33. The van der Waals surface area contributed by atoms with E-state index in [1.54, 1.807) is 0 Å². The predicted octanol–water partition coefficient (Wildman–Crippen LogP) is 4.02. The second-order valence-corrected chi connectivity index (χ2v) is 6.58. The Hall–Kier alpha value is -0.480. The van der Waals surface area contributed by atoms with Gasteiger partial charge < -0.3 is 4.40 Å². The average molecular weight is 311 g/mol. The van der Waals surface area contributed by atoms with E-state index in [9.17, 15) is 0 Å². The van der Waals surface area contributed by atoms with E-state index in [0.717, 1.165) is 4.60 Å². The number of hydrogen-bond donors (Lipinski definition) is 0. The van der Waals surface area contributed by atoms with Crippen molar-refractivity contribution in [1.29, 1.82) is 0 Å². The largest absolute Gasteiger partial charge is 0.302 e. The van der Waals surface area contributed by atoms with Crippen molar-refractivity contribution in [3.63, 3.8) is 0 Å². The fourth-order valence-corrected chi connectivity index (χ4v) is 4.01. The topological polar surface area (TPSA) is 17.3 Å². The van der Waals surface area contributed by atoms with Gasteiger partial charge in [0.15, 0.2) is 0 Å². The number of rotatable bonds is 1. The summed E-state index contributed by atoms with van der Waals surface area (Å²) in [7, 11) is 0. The van der Waals surface area contributed by atoms with Gasteiger partial charge in [-0.25, -0.2) is 4.98 Å². The molecule has 0 saturated carbocycles. The third-order valence-corrected chi connectivity index (χ3v) is 5.00. The first-order valence-corrected chi connectivity index (χ1v) is 7.92. The first-order valence-electron chi connectivity index (χ1n) is 5.97. The highest BCUT2D eigenvalue weighted by molar-refractivity contribution is 9.10. The molecule has 1 fully saturated rings. The van der Waals surface area contributed by atoms with Crippen molar-refractivity contribution in [1.82, 2.24) is 9.38 Å². The normalized spacial score (nSPS) is 17.8. The minimum atomic E-state index is 0.623. The Labute approximate surface area is 114 Å². The van der Waals surface area contributed by atoms with Crippen molar-refractivity contribution in [2.45, 2.75) is 25.7 Å². The molecule has 4 heteroatoms. The summed E-state index contributed by atoms with van der Waals surface area (Å²) in [6, 6.07) is 4.35. The van der Waals surface area contributed by atoms with Gasteiger partial charge in [-0.1, -0.05) is 0 Å². The highest BCUT2D eigenvalue weighted by Gasteiger charge is 2.21. The SMILES string of the molecule is Cc1ccn2c(C3CCSCC3)nc(Br)c2c1. The minimum Gasteiger partial charge on any atom is -0.302 e. The number of aromatic nitrogens is 2. The zero-order valence-corrected chi connectivity index (χ0v) is 12.2. The van der Waals surface area contributed by atoms with Gasteiger partial charge in [-0.3, -0.25) is 0 Å². The predicted molar refractivity (Wildman–Crippen MR) is 76.9 cm³/mol. The van der Waals surface area contributed by atoms with E-state index in [4.69, 9.17) is 4.98 Å². The molecular formula is C13H15BrN2S. The molecule has 2 nitrogen and oxygen atoms in total. The summed E-state index contributed by atoms with van der Waals surface area (Å²) in [4.78, 5) is 4.72. The van der Waals surface area contributed by atoms with Crippen LogP contribution in [0.15, 0.2) is 22.9 Å². The number of fused-ring (bicyclic) bond motifs is 1. The molecule has 0 amide bonds. The van der Waals surface area contributed by atoms with Gasteiger partial charge in [0.2, 0.25) is 0 Å². The molecule has 0 unspecified atom stereocenters. The van der Waals surface area contributed by atoms with Crippen LogP contribution in [-0.4, -0.2) is 20.9 Å². The lowest BCUT2D eigenvalue weighted by Gasteiger charge is -2.20. The van der Waals surface area contributed by atoms with Crippen LogP contribution in [0.1, 0.15) is 30.1 Å². The molecule has 0 spiro atoms. The molecule has 17 heavy (non-hydrogen) atoms. The number of halogens is 1. The molecule has 3 heterocycles. The number of imidazole rings is 1. The lowest BCUT2D eigenvalue weighted by Crippen LogP contribution is -2.11. The summed E-state index contributed by atoms with van der Waals surface area (Å²) in [6.45, 7) is 2.12. The second kappa shape index (κ2) is 4.65. The zero-order chi connectivity index (χ0) is 11.8. The van der Waals surface area contributed by atoms with E-state index in [0.29, 0.717) is 5.92 Å². The van der Waals surface area contributed by atoms with Gasteiger partial charge in [-0.15, -0.1) is 0 Å². The molecule has 1 aliphatic heterocycles. The van der Waals surface area contributed by atoms with Crippen molar-refractivity contribution >= 4 is 33.2 Å². The lowest BCUT2D eigenvalue weighted by atomic mass is 10.0. The summed E-state index contributed by atoms with van der Waals surface area (Å²) in [5.41, 5.74) is 2.47. The number of hydrogen-bond acceptors (Lipinski definition) is 2. The van der Waals surface area contributed by atoms with Crippen molar-refractivity contribution in [2.24, 2.45) is 0 Å². The van der Waals surface area contributed by atoms with Crippen LogP contribution in [0, 0.1) is 6.92 Å². The van der Waals surface area contributed by atoms with Crippen LogP contribution in [0.3, 0.4) is 0 Å². The molecule has 0 radical (unpaired) electrons. The van der Waals surface area contributed by atoms with Gasteiger partial charge in [0.25, 0.3) is 0 Å². The first-order chi connectivity index (χ1) is 8.25. The van der Waals surface area contributed by atoms with Gasteiger partial charge in [-0.05, 0) is 64.9 Å². The summed E-state index contributed by atoms with van der Waals surface area (Å²) in [5.74, 6) is 4.39. The Kier molecular flexibility index (Phi) is 3.17. The maximum atomic E-state index is 4.72. The Bertz CT molecular complexity index is 544. The minimum absolute atomic E-state index is 0.623. The summed E-state index contributed by atoms with van der Waals surface area (Å²) < 4.78 is 3.23. The van der Waals surface area contributed by atoms with Crippen LogP contribution in [0.5, 0.6) is 0 Å². The third kappa shape index (κ3) is 2.13. The van der Waals surface area contributed by atoms with Gasteiger partial charge in [0.05, 0.1) is 5.52 Å². The molecule has 90 valence electrons. The summed E-state index contributed by atoms with van der Waals surface area (Å²) in [5, 5.41) is 0. The molecule has 0 atom stereocenters. The van der Waals surface area contributed by atoms with Crippen molar-refractivity contribution in [2.75, 3.05) is 11.5 Å². The van der Waals surface area contributed by atoms with Crippen molar-refractivity contribution < 1.29 is 0 Å². The van der Waals surface area contributed by atoms with E-state index in [1.807, 2.05) is 0 Å². The fourth-order valence-electron chi connectivity index (χ4n) is 2.42. The van der Waals surface area contributed by atoms with Crippen LogP contribution in [0.25, 0.3) is 5.52 Å². The average Bonchev–Trinajstić information content (AvgIpc) is 2.68. The van der Waals surface area contributed by atoms with Gasteiger partial charge in [-0.2, -0.15) is 11.8 Å². The number of aryl methyl sites for hydroxylation is 1. The molecule has 1 aliphatic rings. The van der Waals surface area contributed by atoms with Crippen LogP contribution in [-0.2, 0) is 0 Å². The number of pyridine rings is 1. The Morgan fingerprint density at radius 2 is 2.18 bits per heavy atom. The van der Waals surface area contributed by atoms with E-state index in [-0.39, 0.29) is 0 Å². The van der Waals surface area contributed by atoms with E-state index in [2.05, 4.69) is 57.3 Å². The number of nitrogens with zero attached hydrogens (tertiary/aromatic N) is 2. The van der Waals surface area contributed by atoms with Crippen molar-refractivity contribution in [3.05, 3.63) is 34.3 Å². The van der Waals surface area contributed by atoms with E-state index < -0.39 is 0 Å². The Morgan fingerprint density at radius 3 is 2.94 bits per heavy atom. The smallest absolute Gasteiger partial charge is 0.132 e. The van der Waals surface area contributed by atoms with Crippen LogP contribution in [0.4, 0.5) is 0 Å². The Balaban J connectivity index is 2.10. The maximum absolute atomic E-state index is 4.72.